The van der Waals surface area contributed by atoms with Crippen molar-refractivity contribution in [2.75, 3.05) is 0 Å². The van der Waals surface area contributed by atoms with Crippen LogP contribution >= 0.6 is 0 Å². The fourth-order valence-electron chi connectivity index (χ4n) is 3.97. The molecule has 0 aromatic heterocycles. The molecule has 0 heterocycles. The zero-order chi connectivity index (χ0) is 12.1. The van der Waals surface area contributed by atoms with E-state index >= 15 is 0 Å². The number of rotatable bonds is 1. The van der Waals surface area contributed by atoms with Crippen LogP contribution in [0.4, 0.5) is 0 Å². The minimum atomic E-state index is 0.997. The molecule has 0 spiro atoms. The molecule has 0 radical (unpaired) electrons. The number of hydrogen-bond donors (Lipinski definition) is 0. The first-order valence-electron chi connectivity index (χ1n) is 8.31. The predicted octanol–water partition coefficient (Wildman–Crippen LogP) is 5.81. The van der Waals surface area contributed by atoms with Crippen LogP contribution in [0.3, 0.4) is 0 Å². The van der Waals surface area contributed by atoms with Crippen LogP contribution in [0.1, 0.15) is 84.5 Å². The minimum Gasteiger partial charge on any atom is -0.0651 e. The van der Waals surface area contributed by atoms with Gasteiger partial charge in [0.05, 0.1) is 0 Å². The van der Waals surface area contributed by atoms with Gasteiger partial charge >= 0.3 is 0 Å². The smallest absolute Gasteiger partial charge is 0.0355 e. The molecule has 2 aliphatic rings. The van der Waals surface area contributed by atoms with Crippen molar-refractivity contribution in [3.8, 4) is 0 Å². The lowest BCUT2D eigenvalue weighted by atomic mass is 9.91. The maximum absolute atomic E-state index is 2.48. The molecule has 0 saturated heterocycles. The molecule has 2 fully saturated rings. The van der Waals surface area contributed by atoms with Gasteiger partial charge in [-0.05, 0) is 36.5 Å². The van der Waals surface area contributed by atoms with Crippen LogP contribution < -0.4 is 0 Å². The average Bonchev–Trinajstić information content (AvgIpc) is 3.09. The Kier molecular flexibility index (Phi) is 5.38. The second-order valence-corrected chi connectivity index (χ2v) is 6.86. The van der Waals surface area contributed by atoms with Crippen molar-refractivity contribution in [1.29, 1.82) is 0 Å². The van der Waals surface area contributed by atoms with E-state index in [1.807, 2.05) is 0 Å². The fraction of sp³-hybridized carbons (Fsp3) is 1.00. The summed E-state index contributed by atoms with van der Waals surface area (Å²) in [6.45, 7) is 4.90. The molecular formula is C17H32. The van der Waals surface area contributed by atoms with Crippen LogP contribution in [0.2, 0.25) is 0 Å². The summed E-state index contributed by atoms with van der Waals surface area (Å²) in [4.78, 5) is 0. The summed E-state index contributed by atoms with van der Waals surface area (Å²) in [6.07, 6.45) is 16.6. The van der Waals surface area contributed by atoms with Crippen molar-refractivity contribution < 1.29 is 0 Å². The first kappa shape index (κ1) is 13.4. The largest absolute Gasteiger partial charge is 0.0651 e. The molecule has 100 valence electrons. The molecule has 4 atom stereocenters. The second-order valence-electron chi connectivity index (χ2n) is 6.86. The topological polar surface area (TPSA) is 0 Å². The van der Waals surface area contributed by atoms with Gasteiger partial charge in [0, 0.05) is 0 Å². The molecule has 0 amide bonds. The van der Waals surface area contributed by atoms with Gasteiger partial charge in [-0.2, -0.15) is 0 Å². The first-order chi connectivity index (χ1) is 8.31. The van der Waals surface area contributed by atoms with Gasteiger partial charge in [0.15, 0.2) is 0 Å². The highest BCUT2D eigenvalue weighted by Gasteiger charge is 2.40. The van der Waals surface area contributed by atoms with Gasteiger partial charge in [-0.15, -0.1) is 0 Å². The van der Waals surface area contributed by atoms with Crippen molar-refractivity contribution in [2.45, 2.75) is 84.5 Å². The summed E-state index contributed by atoms with van der Waals surface area (Å²) in [5.41, 5.74) is 0. The molecule has 0 nitrogen and oxygen atoms in total. The average molecular weight is 236 g/mol. The van der Waals surface area contributed by atoms with Crippen molar-refractivity contribution in [2.24, 2.45) is 23.7 Å². The van der Waals surface area contributed by atoms with Crippen molar-refractivity contribution in [1.82, 2.24) is 0 Å². The molecule has 0 aliphatic heterocycles. The minimum absolute atomic E-state index is 0.997. The lowest BCUT2D eigenvalue weighted by Crippen LogP contribution is -2.04. The van der Waals surface area contributed by atoms with Crippen LogP contribution in [-0.4, -0.2) is 0 Å². The monoisotopic (exact) mass is 236 g/mol. The van der Waals surface area contributed by atoms with Crippen LogP contribution in [0.25, 0.3) is 0 Å². The Balaban J connectivity index is 1.80. The molecule has 0 N–H and O–H groups in total. The predicted molar refractivity (Wildman–Crippen MR) is 76.1 cm³/mol. The summed E-state index contributed by atoms with van der Waals surface area (Å²) in [7, 11) is 0. The van der Waals surface area contributed by atoms with E-state index < -0.39 is 0 Å². The summed E-state index contributed by atoms with van der Waals surface area (Å²) in [5, 5.41) is 0. The lowest BCUT2D eigenvalue weighted by Gasteiger charge is -2.14. The molecule has 0 bridgehead atoms. The summed E-state index contributed by atoms with van der Waals surface area (Å²) >= 11 is 0. The molecule has 2 rings (SSSR count). The zero-order valence-electron chi connectivity index (χ0n) is 12.1. The quantitative estimate of drug-likeness (QED) is 0.539. The van der Waals surface area contributed by atoms with E-state index in [4.69, 9.17) is 0 Å². The standard InChI is InChI=1S/C17H32/c1-3-15-10-8-6-4-5-7-9-14(2)11-12-16-13-17(15)16/h14-17H,3-13H2,1-2H3. The highest BCUT2D eigenvalue weighted by Crippen LogP contribution is 2.50. The molecule has 17 heavy (non-hydrogen) atoms. The van der Waals surface area contributed by atoms with Gasteiger partial charge in [0.1, 0.15) is 0 Å². The first-order valence-corrected chi connectivity index (χ1v) is 8.31. The van der Waals surface area contributed by atoms with Gasteiger partial charge in [-0.1, -0.05) is 71.6 Å². The highest BCUT2D eigenvalue weighted by atomic mass is 14.5. The zero-order valence-corrected chi connectivity index (χ0v) is 12.1. The SMILES string of the molecule is CCC1CCCCCCCC(C)CCC2CC12. The van der Waals surface area contributed by atoms with Gasteiger partial charge in [0.2, 0.25) is 0 Å². The van der Waals surface area contributed by atoms with E-state index in [9.17, 15) is 0 Å². The normalized spacial score (nSPS) is 40.6. The van der Waals surface area contributed by atoms with Gasteiger partial charge in [-0.25, -0.2) is 0 Å². The van der Waals surface area contributed by atoms with E-state index in [2.05, 4.69) is 13.8 Å². The Labute approximate surface area is 109 Å². The van der Waals surface area contributed by atoms with Crippen LogP contribution in [-0.2, 0) is 0 Å². The third kappa shape index (κ3) is 4.30. The van der Waals surface area contributed by atoms with E-state index in [0.29, 0.717) is 0 Å². The Morgan fingerprint density at radius 1 is 0.824 bits per heavy atom. The Morgan fingerprint density at radius 2 is 1.53 bits per heavy atom. The third-order valence-electron chi connectivity index (χ3n) is 5.41. The van der Waals surface area contributed by atoms with Gasteiger partial charge in [-0.3, -0.25) is 0 Å². The summed E-state index contributed by atoms with van der Waals surface area (Å²) in [5.74, 6) is 4.34. The van der Waals surface area contributed by atoms with E-state index in [-0.39, 0.29) is 0 Å². The van der Waals surface area contributed by atoms with E-state index in [1.54, 1.807) is 12.8 Å². The lowest BCUT2D eigenvalue weighted by molar-refractivity contribution is 0.365. The third-order valence-corrected chi connectivity index (χ3v) is 5.41. The number of fused-ring (bicyclic) bond motifs is 1. The molecule has 0 heteroatoms. The van der Waals surface area contributed by atoms with Gasteiger partial charge < -0.3 is 0 Å². The Hall–Kier alpha value is 0. The fourth-order valence-corrected chi connectivity index (χ4v) is 3.97. The highest BCUT2D eigenvalue weighted by molar-refractivity contribution is 4.90. The Morgan fingerprint density at radius 3 is 2.29 bits per heavy atom. The molecule has 2 saturated carbocycles. The summed E-state index contributed by atoms with van der Waals surface area (Å²) in [6, 6.07) is 0. The Bertz CT molecular complexity index is 208. The molecular weight excluding hydrogens is 204 g/mol. The van der Waals surface area contributed by atoms with E-state index in [1.165, 1.54) is 57.8 Å². The molecule has 2 aliphatic carbocycles. The van der Waals surface area contributed by atoms with Crippen LogP contribution in [0.15, 0.2) is 0 Å². The molecule has 0 aromatic rings. The van der Waals surface area contributed by atoms with Crippen molar-refractivity contribution in [3.63, 3.8) is 0 Å². The van der Waals surface area contributed by atoms with E-state index in [0.717, 1.165) is 23.7 Å². The maximum Gasteiger partial charge on any atom is -0.0355 e. The van der Waals surface area contributed by atoms with Crippen molar-refractivity contribution >= 4 is 0 Å². The summed E-state index contributed by atoms with van der Waals surface area (Å²) < 4.78 is 0. The number of hydrogen-bond acceptors (Lipinski definition) is 0. The molecule has 0 aromatic carbocycles. The second kappa shape index (κ2) is 6.81. The molecule has 4 unspecified atom stereocenters. The van der Waals surface area contributed by atoms with Crippen LogP contribution in [0, 0.1) is 23.7 Å². The van der Waals surface area contributed by atoms with Gasteiger partial charge in [0.25, 0.3) is 0 Å². The van der Waals surface area contributed by atoms with Crippen LogP contribution in [0.5, 0.6) is 0 Å². The maximum atomic E-state index is 2.48. The van der Waals surface area contributed by atoms with Crippen molar-refractivity contribution in [3.05, 3.63) is 0 Å².